The van der Waals surface area contributed by atoms with Crippen LogP contribution in [-0.2, 0) is 5.66 Å². The molecule has 1 aliphatic rings. The molecule has 0 radical (unpaired) electrons. The zero-order valence-corrected chi connectivity index (χ0v) is 35.1. The number of rotatable bonds is 11. The molecule has 7 aromatic rings. The molecule has 0 saturated heterocycles. The van der Waals surface area contributed by atoms with Gasteiger partial charge in [0.15, 0.2) is 5.84 Å². The van der Waals surface area contributed by atoms with Crippen LogP contribution in [0.3, 0.4) is 0 Å². The van der Waals surface area contributed by atoms with E-state index in [0.29, 0.717) is 29.5 Å². The third kappa shape index (κ3) is 7.17. The number of hydrogen-bond acceptors (Lipinski definition) is 3. The molecule has 4 heteroatoms. The molecule has 0 saturated carbocycles. The lowest BCUT2D eigenvalue weighted by atomic mass is 9.86. The van der Waals surface area contributed by atoms with Gasteiger partial charge in [-0.25, -0.2) is 15.0 Å². The lowest BCUT2D eigenvalue weighted by Gasteiger charge is -2.34. The number of aromatic nitrogens is 2. The molecule has 1 aliphatic heterocycles. The van der Waals surface area contributed by atoms with Crippen molar-refractivity contribution in [2.45, 2.75) is 84.7 Å². The zero-order valence-electron chi connectivity index (χ0n) is 35.1. The van der Waals surface area contributed by atoms with Crippen LogP contribution in [0.5, 0.6) is 0 Å². The smallest absolute Gasteiger partial charge is 0.209 e. The van der Waals surface area contributed by atoms with Gasteiger partial charge in [0.05, 0.1) is 11.4 Å². The Balaban J connectivity index is 1.55. The van der Waals surface area contributed by atoms with Gasteiger partial charge in [0, 0.05) is 33.4 Å². The van der Waals surface area contributed by atoms with Crippen molar-refractivity contribution >= 4 is 11.5 Å². The molecule has 58 heavy (non-hydrogen) atoms. The Morgan fingerprint density at radius 2 is 0.828 bits per heavy atom. The normalized spacial score (nSPS) is 15.4. The minimum Gasteiger partial charge on any atom is -0.288 e. The van der Waals surface area contributed by atoms with Gasteiger partial charge in [0.25, 0.3) is 0 Å². The summed E-state index contributed by atoms with van der Waals surface area (Å²) in [6.45, 7) is 17.9. The molecule has 0 N–H and O–H groups in total. The van der Waals surface area contributed by atoms with E-state index in [-0.39, 0.29) is 0 Å². The van der Waals surface area contributed by atoms with Gasteiger partial charge in [-0.15, -0.1) is 0 Å². The molecule has 8 rings (SSSR count). The third-order valence-corrected chi connectivity index (χ3v) is 11.6. The first kappa shape index (κ1) is 38.7. The van der Waals surface area contributed by atoms with Crippen LogP contribution in [0.15, 0.2) is 168 Å². The predicted molar refractivity (Wildman–Crippen MR) is 244 cm³/mol. The van der Waals surface area contributed by atoms with E-state index in [1.807, 2.05) is 6.07 Å². The summed E-state index contributed by atoms with van der Waals surface area (Å²) in [4.78, 5) is 17.2. The number of hydrogen-bond donors (Lipinski definition) is 0. The molecule has 4 nitrogen and oxygen atoms in total. The maximum Gasteiger partial charge on any atom is 0.209 e. The second-order valence-electron chi connectivity index (χ2n) is 16.9. The maximum absolute atomic E-state index is 5.92. The Kier molecular flexibility index (Phi) is 10.7. The molecule has 1 aromatic heterocycles. The summed E-state index contributed by atoms with van der Waals surface area (Å²) < 4.78 is 2.41. The summed E-state index contributed by atoms with van der Waals surface area (Å²) in [7, 11) is 0. The molecule has 0 bridgehead atoms. The molecule has 1 atom stereocenters. The van der Waals surface area contributed by atoms with Crippen LogP contribution in [0.2, 0.25) is 0 Å². The monoisotopic (exact) mass is 758 g/mol. The molecule has 0 spiro atoms. The van der Waals surface area contributed by atoms with Crippen LogP contribution in [0.4, 0.5) is 0 Å². The van der Waals surface area contributed by atoms with E-state index in [1.165, 1.54) is 22.3 Å². The van der Waals surface area contributed by atoms with Crippen LogP contribution in [0, 0.1) is 0 Å². The molecular formula is C54H54N4. The number of nitrogens with zero attached hydrogens (tertiary/aromatic N) is 4. The van der Waals surface area contributed by atoms with Gasteiger partial charge in [-0.2, -0.15) is 0 Å². The van der Waals surface area contributed by atoms with Crippen molar-refractivity contribution in [3.05, 3.63) is 197 Å². The lowest BCUT2D eigenvalue weighted by molar-refractivity contribution is 0.526. The van der Waals surface area contributed by atoms with Crippen molar-refractivity contribution < 1.29 is 0 Å². The van der Waals surface area contributed by atoms with Crippen LogP contribution in [-0.4, -0.2) is 21.1 Å². The number of imidazole rings is 1. The Morgan fingerprint density at radius 1 is 0.414 bits per heavy atom. The van der Waals surface area contributed by atoms with Crippen LogP contribution < -0.4 is 0 Å². The SMILES string of the molecule is CC(C)c1ccc(C2=NC(c3ccccc3)=NC2(c2ccc(C(C)C)cc2)n2c(-c3ccccc3)nc(-c3ccc(C(C)C)cc3)c2-c2ccc(C(C)C)cc2)cc1. The van der Waals surface area contributed by atoms with Crippen LogP contribution in [0.1, 0.15) is 118 Å². The van der Waals surface area contributed by atoms with Gasteiger partial charge in [0.2, 0.25) is 5.66 Å². The standard InChI is InChI=1S/C54H54N4/c1-35(2)39-19-25-43(26-20-39)49-50(44-27-21-40(22-28-44)36(3)4)58(53(55-49)47-17-13-10-14-18-47)54(48-33-31-42(32-34-48)38(7)8)51(45-29-23-41(24-30-45)37(5)6)56-52(57-54)46-15-11-9-12-16-46/h9-38H,1-8H3. The fourth-order valence-electron chi connectivity index (χ4n) is 8.05. The zero-order chi connectivity index (χ0) is 40.6. The largest absolute Gasteiger partial charge is 0.288 e. The summed E-state index contributed by atoms with van der Waals surface area (Å²) in [5.41, 5.74) is 12.9. The number of amidine groups is 1. The van der Waals surface area contributed by atoms with Crippen molar-refractivity contribution in [1.82, 2.24) is 9.55 Å². The highest BCUT2D eigenvalue weighted by molar-refractivity contribution is 6.21. The Morgan fingerprint density at radius 3 is 1.29 bits per heavy atom. The molecule has 290 valence electrons. The van der Waals surface area contributed by atoms with Gasteiger partial charge in [-0.3, -0.25) is 4.57 Å². The van der Waals surface area contributed by atoms with Crippen molar-refractivity contribution in [1.29, 1.82) is 0 Å². The molecule has 0 amide bonds. The topological polar surface area (TPSA) is 42.5 Å². The molecular weight excluding hydrogens is 705 g/mol. The highest BCUT2D eigenvalue weighted by Gasteiger charge is 2.48. The predicted octanol–water partition coefficient (Wildman–Crippen LogP) is 14.0. The summed E-state index contributed by atoms with van der Waals surface area (Å²) in [5.74, 6) is 3.09. The summed E-state index contributed by atoms with van der Waals surface area (Å²) in [6, 6.07) is 57.0. The summed E-state index contributed by atoms with van der Waals surface area (Å²) >= 11 is 0. The average molecular weight is 759 g/mol. The fourth-order valence-corrected chi connectivity index (χ4v) is 8.05. The summed E-state index contributed by atoms with van der Waals surface area (Å²) in [6.07, 6.45) is 0. The van der Waals surface area contributed by atoms with Gasteiger partial charge in [-0.05, 0) is 45.9 Å². The molecule has 6 aromatic carbocycles. The molecule has 1 unspecified atom stereocenters. The quantitative estimate of drug-likeness (QED) is 0.130. The van der Waals surface area contributed by atoms with E-state index >= 15 is 0 Å². The van der Waals surface area contributed by atoms with E-state index in [1.54, 1.807) is 0 Å². The van der Waals surface area contributed by atoms with E-state index in [9.17, 15) is 0 Å². The van der Waals surface area contributed by atoms with Crippen molar-refractivity contribution in [2.75, 3.05) is 0 Å². The Labute approximate surface area is 345 Å². The van der Waals surface area contributed by atoms with Crippen molar-refractivity contribution in [3.8, 4) is 33.9 Å². The average Bonchev–Trinajstić information content (AvgIpc) is 3.86. The van der Waals surface area contributed by atoms with Gasteiger partial charge < -0.3 is 0 Å². The van der Waals surface area contributed by atoms with E-state index < -0.39 is 5.66 Å². The first-order valence-electron chi connectivity index (χ1n) is 20.9. The first-order valence-corrected chi connectivity index (χ1v) is 20.9. The first-order chi connectivity index (χ1) is 28.0. The Bertz CT molecular complexity index is 2550. The minimum absolute atomic E-state index is 0.372. The van der Waals surface area contributed by atoms with E-state index in [2.05, 4.69) is 212 Å². The molecule has 2 heterocycles. The second kappa shape index (κ2) is 16.0. The van der Waals surface area contributed by atoms with Crippen LogP contribution in [0.25, 0.3) is 33.9 Å². The number of benzene rings is 6. The van der Waals surface area contributed by atoms with Gasteiger partial charge in [-0.1, -0.05) is 213 Å². The van der Waals surface area contributed by atoms with E-state index in [4.69, 9.17) is 15.0 Å². The second-order valence-corrected chi connectivity index (χ2v) is 16.9. The highest BCUT2D eigenvalue weighted by atomic mass is 15.3. The molecule has 0 fully saturated rings. The molecule has 0 aliphatic carbocycles. The van der Waals surface area contributed by atoms with Crippen molar-refractivity contribution in [2.24, 2.45) is 9.98 Å². The summed E-state index contributed by atoms with van der Waals surface area (Å²) in [5, 5.41) is 0. The highest BCUT2D eigenvalue weighted by Crippen LogP contribution is 2.47. The van der Waals surface area contributed by atoms with E-state index in [0.717, 1.165) is 56.3 Å². The van der Waals surface area contributed by atoms with Crippen LogP contribution >= 0.6 is 0 Å². The lowest BCUT2D eigenvalue weighted by Crippen LogP contribution is -2.41. The maximum atomic E-state index is 5.92. The third-order valence-electron chi connectivity index (χ3n) is 11.6. The number of aliphatic imine (C=N–C) groups is 2. The minimum atomic E-state index is -1.15. The van der Waals surface area contributed by atoms with Gasteiger partial charge in [0.1, 0.15) is 11.5 Å². The fraction of sp³-hybridized carbons (Fsp3) is 0.241. The van der Waals surface area contributed by atoms with Gasteiger partial charge >= 0.3 is 0 Å². The Hall–Kier alpha value is -6.13. The van der Waals surface area contributed by atoms with Crippen molar-refractivity contribution in [3.63, 3.8) is 0 Å².